The molecule has 0 radical (unpaired) electrons. The number of rotatable bonds is 5. The number of aliphatic hydroxyl groups is 1. The van der Waals surface area contributed by atoms with Crippen molar-refractivity contribution < 1.29 is 29.0 Å². The third-order valence-corrected chi connectivity index (χ3v) is 6.04. The van der Waals surface area contributed by atoms with Crippen LogP contribution in [0.4, 0.5) is 5.69 Å². The van der Waals surface area contributed by atoms with Gasteiger partial charge in [0.05, 0.1) is 23.7 Å². The molecule has 3 aromatic carbocycles. The number of furan rings is 1. The van der Waals surface area contributed by atoms with E-state index in [1.165, 1.54) is 24.1 Å². The Hall–Kier alpha value is -4.23. The van der Waals surface area contributed by atoms with Gasteiger partial charge in [-0.1, -0.05) is 35.9 Å². The quantitative estimate of drug-likeness (QED) is 0.365. The Morgan fingerprint density at radius 2 is 1.76 bits per heavy atom. The number of anilines is 1. The van der Waals surface area contributed by atoms with Crippen molar-refractivity contribution in [2.24, 2.45) is 0 Å². The molecule has 0 fully saturated rings. The van der Waals surface area contributed by atoms with Crippen molar-refractivity contribution in [1.82, 2.24) is 0 Å². The van der Waals surface area contributed by atoms with Gasteiger partial charge in [0.15, 0.2) is 11.5 Å². The predicted molar refractivity (Wildman–Crippen MR) is 127 cm³/mol. The lowest BCUT2D eigenvalue weighted by Crippen LogP contribution is -2.31. The number of aliphatic hydroxyl groups excluding tert-OH is 1. The van der Waals surface area contributed by atoms with E-state index in [0.717, 1.165) is 0 Å². The zero-order valence-corrected chi connectivity index (χ0v) is 18.6. The molecule has 0 bridgehead atoms. The lowest BCUT2D eigenvalue weighted by molar-refractivity contribution is -0.117. The Labute approximate surface area is 199 Å². The van der Waals surface area contributed by atoms with Gasteiger partial charge in [-0.25, -0.2) is 0 Å². The molecule has 1 aliphatic rings. The minimum absolute atomic E-state index is 0.0120. The first-order valence-electron chi connectivity index (χ1n) is 10.3. The van der Waals surface area contributed by atoms with Crippen LogP contribution in [0.25, 0.3) is 11.0 Å². The largest absolute Gasteiger partial charge is 0.506 e. The van der Waals surface area contributed by atoms with Crippen LogP contribution in [-0.4, -0.2) is 29.0 Å². The zero-order valence-electron chi connectivity index (χ0n) is 17.9. The minimum atomic E-state index is -1.01. The maximum absolute atomic E-state index is 13.6. The molecule has 1 aromatic heterocycles. The SMILES string of the molecule is COc1ccc(N2C(=O)C(O)=C(C(=O)c3cc4ccccc4o3)C2c2ccc(O)c(Cl)c2)cc1. The van der Waals surface area contributed by atoms with E-state index >= 15 is 0 Å². The van der Waals surface area contributed by atoms with E-state index in [1.807, 2.05) is 6.07 Å². The van der Waals surface area contributed by atoms with Gasteiger partial charge in [0.2, 0.25) is 5.78 Å². The lowest BCUT2D eigenvalue weighted by atomic mass is 9.94. The summed E-state index contributed by atoms with van der Waals surface area (Å²) in [6, 6.07) is 18.7. The van der Waals surface area contributed by atoms with E-state index in [1.54, 1.807) is 54.6 Å². The fourth-order valence-corrected chi connectivity index (χ4v) is 4.27. The summed E-state index contributed by atoms with van der Waals surface area (Å²) in [5.74, 6) is -1.65. The third-order valence-electron chi connectivity index (χ3n) is 5.74. The van der Waals surface area contributed by atoms with Crippen LogP contribution in [0.3, 0.4) is 0 Å². The number of phenolic OH excluding ortho intramolecular Hbond substituents is 1. The number of phenols is 1. The number of methoxy groups -OCH3 is 1. The van der Waals surface area contributed by atoms with Crippen LogP contribution in [-0.2, 0) is 4.79 Å². The van der Waals surface area contributed by atoms with Gasteiger partial charge in [-0.15, -0.1) is 0 Å². The summed E-state index contributed by atoms with van der Waals surface area (Å²) >= 11 is 6.14. The van der Waals surface area contributed by atoms with E-state index in [0.29, 0.717) is 28.0 Å². The number of amides is 1. The summed E-state index contributed by atoms with van der Waals surface area (Å²) in [6.45, 7) is 0. The maximum Gasteiger partial charge on any atom is 0.294 e. The van der Waals surface area contributed by atoms with Gasteiger partial charge in [-0.2, -0.15) is 0 Å². The van der Waals surface area contributed by atoms with Gasteiger partial charge < -0.3 is 19.4 Å². The molecule has 7 nitrogen and oxygen atoms in total. The number of halogens is 1. The standard InChI is InChI=1S/C26H18ClNO6/c1-33-17-9-7-16(8-10-17)28-23(15-6-11-19(29)18(27)12-15)22(25(31)26(28)32)24(30)21-13-14-4-2-3-5-20(14)34-21/h2-13,23,29,31H,1H3. The fourth-order valence-electron chi connectivity index (χ4n) is 4.08. The highest BCUT2D eigenvalue weighted by atomic mass is 35.5. The average molecular weight is 476 g/mol. The highest BCUT2D eigenvalue weighted by Gasteiger charge is 2.45. The number of carbonyl (C=O) groups excluding carboxylic acids is 2. The van der Waals surface area contributed by atoms with Crippen molar-refractivity contribution in [1.29, 1.82) is 0 Å². The summed E-state index contributed by atoms with van der Waals surface area (Å²) in [5.41, 5.74) is 1.21. The van der Waals surface area contributed by atoms with Gasteiger partial charge >= 0.3 is 0 Å². The van der Waals surface area contributed by atoms with E-state index in [4.69, 9.17) is 20.8 Å². The number of aromatic hydroxyl groups is 1. The van der Waals surface area contributed by atoms with Crippen molar-refractivity contribution >= 4 is 39.9 Å². The fraction of sp³-hybridized carbons (Fsp3) is 0.0769. The molecule has 1 unspecified atom stereocenters. The van der Waals surface area contributed by atoms with Crippen LogP contribution in [0.5, 0.6) is 11.5 Å². The normalized spacial score (nSPS) is 15.9. The van der Waals surface area contributed by atoms with Crippen LogP contribution >= 0.6 is 11.6 Å². The molecular formula is C26H18ClNO6. The van der Waals surface area contributed by atoms with Crippen molar-refractivity contribution in [3.8, 4) is 11.5 Å². The number of Topliss-reactive ketones (excluding diaryl/α,β-unsaturated/α-hetero) is 1. The molecule has 8 heteroatoms. The minimum Gasteiger partial charge on any atom is -0.506 e. The third kappa shape index (κ3) is 3.47. The molecule has 4 aromatic rings. The Balaban J connectivity index is 1.66. The molecule has 1 aliphatic heterocycles. The molecule has 1 amide bonds. The van der Waals surface area contributed by atoms with Crippen molar-refractivity contribution in [2.75, 3.05) is 12.0 Å². The Morgan fingerprint density at radius 3 is 2.44 bits per heavy atom. The van der Waals surface area contributed by atoms with Gasteiger partial charge in [0.1, 0.15) is 17.1 Å². The monoisotopic (exact) mass is 475 g/mol. The molecule has 0 saturated heterocycles. The number of hydrogen-bond donors (Lipinski definition) is 2. The van der Waals surface area contributed by atoms with E-state index in [2.05, 4.69) is 0 Å². The summed E-state index contributed by atoms with van der Waals surface area (Å²) in [6.07, 6.45) is 0. The van der Waals surface area contributed by atoms with Crippen molar-refractivity contribution in [3.05, 3.63) is 100 Å². The van der Waals surface area contributed by atoms with E-state index in [9.17, 15) is 19.8 Å². The first kappa shape index (κ1) is 21.6. The number of carbonyl (C=O) groups is 2. The topological polar surface area (TPSA) is 100 Å². The Kier molecular flexibility index (Phi) is 5.26. The molecule has 1 atom stereocenters. The van der Waals surface area contributed by atoms with E-state index in [-0.39, 0.29) is 22.1 Å². The first-order valence-corrected chi connectivity index (χ1v) is 10.7. The molecule has 0 spiro atoms. The van der Waals surface area contributed by atoms with Crippen LogP contribution in [0.2, 0.25) is 5.02 Å². The number of para-hydroxylation sites is 1. The average Bonchev–Trinajstić information content (AvgIpc) is 3.40. The van der Waals surface area contributed by atoms with E-state index < -0.39 is 23.5 Å². The van der Waals surface area contributed by atoms with Crippen LogP contribution < -0.4 is 9.64 Å². The number of benzene rings is 3. The summed E-state index contributed by atoms with van der Waals surface area (Å²) in [7, 11) is 1.52. The van der Waals surface area contributed by atoms with Crippen molar-refractivity contribution in [2.45, 2.75) is 6.04 Å². The van der Waals surface area contributed by atoms with Crippen LogP contribution in [0.15, 0.2) is 88.5 Å². The summed E-state index contributed by atoms with van der Waals surface area (Å²) < 4.78 is 10.9. The number of hydrogen-bond acceptors (Lipinski definition) is 6. The second kappa shape index (κ2) is 8.28. The zero-order chi connectivity index (χ0) is 24.0. The Bertz CT molecular complexity index is 1440. The summed E-state index contributed by atoms with van der Waals surface area (Å²) in [4.78, 5) is 28.1. The van der Waals surface area contributed by atoms with Crippen molar-refractivity contribution in [3.63, 3.8) is 0 Å². The second-order valence-corrected chi connectivity index (χ2v) is 8.13. The number of nitrogens with zero attached hydrogens (tertiary/aromatic N) is 1. The molecule has 0 saturated carbocycles. The smallest absolute Gasteiger partial charge is 0.294 e. The number of ketones is 1. The molecular weight excluding hydrogens is 458 g/mol. The van der Waals surface area contributed by atoms with Gasteiger partial charge in [0, 0.05) is 11.1 Å². The highest BCUT2D eigenvalue weighted by molar-refractivity contribution is 6.32. The van der Waals surface area contributed by atoms with Crippen LogP contribution in [0, 0.1) is 0 Å². The Morgan fingerprint density at radius 1 is 1.03 bits per heavy atom. The molecule has 34 heavy (non-hydrogen) atoms. The molecule has 2 heterocycles. The highest BCUT2D eigenvalue weighted by Crippen LogP contribution is 2.44. The van der Waals surface area contributed by atoms with Gasteiger partial charge in [-0.05, 0) is 54.1 Å². The van der Waals surface area contributed by atoms with Crippen LogP contribution in [0.1, 0.15) is 22.2 Å². The molecule has 0 aliphatic carbocycles. The molecule has 170 valence electrons. The number of fused-ring (bicyclic) bond motifs is 1. The first-order chi connectivity index (χ1) is 16.4. The maximum atomic E-state index is 13.6. The molecule has 5 rings (SSSR count). The summed E-state index contributed by atoms with van der Waals surface area (Å²) in [5, 5.41) is 21.5. The van der Waals surface area contributed by atoms with Gasteiger partial charge in [-0.3, -0.25) is 14.5 Å². The number of ether oxygens (including phenoxy) is 1. The molecule has 2 N–H and O–H groups in total. The second-order valence-electron chi connectivity index (χ2n) is 7.73. The van der Waals surface area contributed by atoms with Gasteiger partial charge in [0.25, 0.3) is 5.91 Å². The predicted octanol–water partition coefficient (Wildman–Crippen LogP) is 5.58. The lowest BCUT2D eigenvalue weighted by Gasteiger charge is -2.27.